The van der Waals surface area contributed by atoms with Crippen LogP contribution in [-0.2, 0) is 30.3 Å². The highest BCUT2D eigenvalue weighted by atomic mass is 79.9. The Balaban J connectivity index is 2.24. The van der Waals surface area contributed by atoms with Crippen LogP contribution in [-0.4, -0.2) is 53.0 Å². The monoisotopic (exact) mass is 506 g/mol. The zero-order chi connectivity index (χ0) is 23.8. The van der Waals surface area contributed by atoms with Crippen LogP contribution in [0.5, 0.6) is 0 Å². The smallest absolute Gasteiger partial charge is 0.328 e. The van der Waals surface area contributed by atoms with Crippen LogP contribution in [0.3, 0.4) is 0 Å². The Morgan fingerprint density at radius 1 is 1.19 bits per heavy atom. The molecule has 0 radical (unpaired) electrons. The summed E-state index contributed by atoms with van der Waals surface area (Å²) < 4.78 is 6.04. The quantitative estimate of drug-likeness (QED) is 0.273. The maximum Gasteiger partial charge on any atom is 0.328 e. The van der Waals surface area contributed by atoms with Crippen molar-refractivity contribution in [3.8, 4) is 0 Å². The topological polar surface area (TPSA) is 141 Å². The summed E-state index contributed by atoms with van der Waals surface area (Å²) >= 11 is 3.51. The van der Waals surface area contributed by atoms with Gasteiger partial charge < -0.3 is 25.8 Å². The van der Waals surface area contributed by atoms with E-state index < -0.39 is 41.8 Å². The number of ketones is 1. The van der Waals surface area contributed by atoms with E-state index in [1.54, 1.807) is 20.0 Å². The highest BCUT2D eigenvalue weighted by Gasteiger charge is 2.29. The number of esters is 1. The first kappa shape index (κ1) is 25.3. The number of fused-ring (bicyclic) bond motifs is 1. The summed E-state index contributed by atoms with van der Waals surface area (Å²) in [4.78, 5) is 52.0. The number of carbonyl (C=O) groups is 4. The molecule has 9 nitrogen and oxygen atoms in total. The molecule has 4 N–H and O–H groups in total. The minimum absolute atomic E-state index is 0.0169. The van der Waals surface area contributed by atoms with Crippen LogP contribution < -0.4 is 10.6 Å². The van der Waals surface area contributed by atoms with E-state index in [2.05, 4.69) is 31.5 Å². The van der Waals surface area contributed by atoms with Gasteiger partial charge in [0.25, 0.3) is 0 Å². The molecule has 1 aromatic carbocycles. The lowest BCUT2D eigenvalue weighted by Crippen LogP contribution is -2.52. The third-order valence-corrected chi connectivity index (χ3v) is 5.31. The van der Waals surface area contributed by atoms with E-state index in [-0.39, 0.29) is 19.3 Å². The zero-order valence-corrected chi connectivity index (χ0v) is 19.7. The van der Waals surface area contributed by atoms with Crippen molar-refractivity contribution in [3.05, 3.63) is 34.4 Å². The maximum atomic E-state index is 13.1. The van der Waals surface area contributed by atoms with E-state index in [0.717, 1.165) is 20.9 Å². The normalized spacial score (nSPS) is 12.8. The van der Waals surface area contributed by atoms with Crippen molar-refractivity contribution in [1.82, 2.24) is 15.6 Å². The number of aromatic nitrogens is 1. The molecule has 1 heterocycles. The summed E-state index contributed by atoms with van der Waals surface area (Å²) in [7, 11) is 0. The second-order valence-corrected chi connectivity index (χ2v) is 8.48. The van der Waals surface area contributed by atoms with Crippen LogP contribution in [0, 0.1) is 5.41 Å². The van der Waals surface area contributed by atoms with Crippen LogP contribution in [0.15, 0.2) is 28.9 Å². The number of benzene rings is 1. The number of hydrogen-bond donors (Lipinski definition) is 4. The lowest BCUT2D eigenvalue weighted by atomic mass is 10.0. The molecule has 32 heavy (non-hydrogen) atoms. The standard InChI is InChI=1S/C22H27BrN4O5/c1-12(2)32-22(31)18(8-7-15(29)10-24)27-21(30)19(26-13(3)28)9-14-11-25-17-6-4-5-16(23)20(14)17/h4-6,10-12,18-19,24-25H,7-9H2,1-3H3,(H,26,28)(H,27,30)/t18-,19-/m0/s1. The molecule has 2 atom stereocenters. The molecule has 0 fully saturated rings. The molecular formula is C22H27BrN4O5. The summed E-state index contributed by atoms with van der Waals surface area (Å²) in [6.07, 6.45) is 2.10. The molecule has 0 saturated carbocycles. The summed E-state index contributed by atoms with van der Waals surface area (Å²) in [6, 6.07) is 3.62. The Morgan fingerprint density at radius 2 is 1.91 bits per heavy atom. The van der Waals surface area contributed by atoms with Gasteiger partial charge in [0.05, 0.1) is 12.3 Å². The number of aromatic amines is 1. The fourth-order valence-corrected chi connectivity index (χ4v) is 3.86. The molecule has 0 bridgehead atoms. The molecule has 2 amide bonds. The number of carbonyl (C=O) groups excluding carboxylic acids is 4. The highest BCUT2D eigenvalue weighted by molar-refractivity contribution is 9.10. The molecular weight excluding hydrogens is 480 g/mol. The number of Topliss-reactive ketones (excluding diaryl/α,β-unsaturated/α-hetero) is 1. The minimum atomic E-state index is -1.08. The van der Waals surface area contributed by atoms with Gasteiger partial charge in [-0.1, -0.05) is 22.0 Å². The Kier molecular flexibility index (Phi) is 9.13. The molecule has 2 rings (SSSR count). The number of halogens is 1. The zero-order valence-electron chi connectivity index (χ0n) is 18.2. The molecule has 2 aromatic rings. The first-order valence-electron chi connectivity index (χ1n) is 10.2. The summed E-state index contributed by atoms with van der Waals surface area (Å²) in [6.45, 7) is 4.65. The average Bonchev–Trinajstić information content (AvgIpc) is 3.13. The molecule has 0 aliphatic heterocycles. The van der Waals surface area contributed by atoms with Crippen LogP contribution in [0.2, 0.25) is 0 Å². The van der Waals surface area contributed by atoms with Gasteiger partial charge in [-0.25, -0.2) is 4.79 Å². The van der Waals surface area contributed by atoms with Gasteiger partial charge in [0.15, 0.2) is 5.78 Å². The van der Waals surface area contributed by atoms with E-state index in [1.807, 2.05) is 18.2 Å². The van der Waals surface area contributed by atoms with E-state index in [9.17, 15) is 19.2 Å². The third kappa shape index (κ3) is 7.01. The van der Waals surface area contributed by atoms with E-state index in [0.29, 0.717) is 6.21 Å². The largest absolute Gasteiger partial charge is 0.461 e. The predicted molar refractivity (Wildman–Crippen MR) is 123 cm³/mol. The van der Waals surface area contributed by atoms with Gasteiger partial charge in [-0.2, -0.15) is 0 Å². The van der Waals surface area contributed by atoms with Gasteiger partial charge in [0.1, 0.15) is 12.1 Å². The Morgan fingerprint density at radius 3 is 2.53 bits per heavy atom. The first-order chi connectivity index (χ1) is 15.1. The van der Waals surface area contributed by atoms with Crippen molar-refractivity contribution in [2.75, 3.05) is 0 Å². The van der Waals surface area contributed by atoms with Crippen LogP contribution in [0.4, 0.5) is 0 Å². The van der Waals surface area contributed by atoms with Crippen molar-refractivity contribution in [1.29, 1.82) is 5.41 Å². The Hall–Kier alpha value is -3.01. The molecule has 172 valence electrons. The summed E-state index contributed by atoms with van der Waals surface area (Å²) in [5.74, 6) is -2.12. The number of ether oxygens (including phenoxy) is 1. The fourth-order valence-electron chi connectivity index (χ4n) is 3.24. The molecule has 1 aromatic heterocycles. The molecule has 0 saturated heterocycles. The van der Waals surface area contributed by atoms with E-state index in [4.69, 9.17) is 10.1 Å². The maximum absolute atomic E-state index is 13.1. The Labute approximate surface area is 194 Å². The number of nitrogens with one attached hydrogen (secondary N) is 4. The predicted octanol–water partition coefficient (Wildman–Crippen LogP) is 2.41. The molecule has 10 heteroatoms. The number of amides is 2. The van der Waals surface area contributed by atoms with E-state index >= 15 is 0 Å². The van der Waals surface area contributed by atoms with Crippen LogP contribution in [0.1, 0.15) is 39.2 Å². The van der Waals surface area contributed by atoms with Gasteiger partial charge in [-0.3, -0.25) is 14.4 Å². The van der Waals surface area contributed by atoms with Crippen LogP contribution >= 0.6 is 15.9 Å². The second-order valence-electron chi connectivity index (χ2n) is 7.63. The average molecular weight is 507 g/mol. The second kappa shape index (κ2) is 11.6. The lowest BCUT2D eigenvalue weighted by Gasteiger charge is -2.23. The van der Waals surface area contributed by atoms with Crippen molar-refractivity contribution in [2.24, 2.45) is 0 Å². The van der Waals surface area contributed by atoms with Gasteiger partial charge >= 0.3 is 5.97 Å². The Bertz CT molecular complexity index is 1020. The van der Waals surface area contributed by atoms with E-state index in [1.165, 1.54) is 6.92 Å². The molecule has 0 spiro atoms. The first-order valence-corrected chi connectivity index (χ1v) is 11.0. The van der Waals surface area contributed by atoms with Gasteiger partial charge in [-0.05, 0) is 38.0 Å². The summed E-state index contributed by atoms with van der Waals surface area (Å²) in [5, 5.41) is 13.1. The molecule has 0 aliphatic rings. The van der Waals surface area contributed by atoms with Crippen LogP contribution in [0.25, 0.3) is 10.9 Å². The number of hydrogen-bond acceptors (Lipinski definition) is 6. The van der Waals surface area contributed by atoms with Crippen molar-refractivity contribution < 1.29 is 23.9 Å². The SMILES string of the molecule is CC(=O)N[C@@H](Cc1c[nH]c2cccc(Br)c12)C(=O)N[C@@H](CCC(=O)C=N)C(=O)OC(C)C. The minimum Gasteiger partial charge on any atom is -0.461 e. The number of H-pyrrole nitrogens is 1. The molecule has 0 aliphatic carbocycles. The van der Waals surface area contributed by atoms with Gasteiger partial charge in [-0.15, -0.1) is 0 Å². The summed E-state index contributed by atoms with van der Waals surface area (Å²) in [5.41, 5.74) is 1.68. The van der Waals surface area contributed by atoms with Crippen molar-refractivity contribution >= 4 is 56.6 Å². The van der Waals surface area contributed by atoms with Gasteiger partial charge in [0, 0.05) is 41.3 Å². The number of rotatable bonds is 11. The lowest BCUT2D eigenvalue weighted by molar-refractivity contribution is -0.151. The fraction of sp³-hybridized carbons (Fsp3) is 0.409. The molecule has 0 unspecified atom stereocenters. The third-order valence-electron chi connectivity index (χ3n) is 4.65. The van der Waals surface area contributed by atoms with Gasteiger partial charge in [0.2, 0.25) is 11.8 Å². The highest BCUT2D eigenvalue weighted by Crippen LogP contribution is 2.27. The van der Waals surface area contributed by atoms with Crippen molar-refractivity contribution in [2.45, 2.75) is 58.2 Å². The van der Waals surface area contributed by atoms with Crippen molar-refractivity contribution in [3.63, 3.8) is 0 Å².